The van der Waals surface area contributed by atoms with Gasteiger partial charge in [-0.05, 0) is 24.3 Å². The van der Waals surface area contributed by atoms with Gasteiger partial charge in [0, 0.05) is 18.5 Å². The second-order valence-corrected chi connectivity index (χ2v) is 3.59. The summed E-state index contributed by atoms with van der Waals surface area (Å²) in [7, 11) is 0. The maximum absolute atomic E-state index is 11.9. The lowest BCUT2D eigenvalue weighted by Gasteiger charge is -2.09. The number of carbonyl (C=O) groups is 2. The van der Waals surface area contributed by atoms with Crippen molar-refractivity contribution in [1.82, 2.24) is 0 Å². The van der Waals surface area contributed by atoms with Crippen molar-refractivity contribution < 1.29 is 27.5 Å². The predicted molar refractivity (Wildman–Crippen MR) is 60.2 cm³/mol. The Labute approximate surface area is 106 Å². The number of hydrogen-bond donors (Lipinski definition) is 2. The number of halogens is 3. The van der Waals surface area contributed by atoms with Gasteiger partial charge in [0.2, 0.25) is 11.8 Å². The van der Waals surface area contributed by atoms with E-state index in [0.29, 0.717) is 5.69 Å². The number of ether oxygens (including phenoxy) is 1. The van der Waals surface area contributed by atoms with Crippen molar-refractivity contribution in [2.75, 3.05) is 5.32 Å². The van der Waals surface area contributed by atoms with Gasteiger partial charge in [0.1, 0.15) is 5.75 Å². The van der Waals surface area contributed by atoms with Gasteiger partial charge < -0.3 is 15.8 Å². The molecule has 5 nitrogen and oxygen atoms in total. The minimum absolute atomic E-state index is 0.0872. The summed E-state index contributed by atoms with van der Waals surface area (Å²) < 4.78 is 39.3. The van der Waals surface area contributed by atoms with Crippen LogP contribution in [0, 0.1) is 0 Å². The number of primary amides is 1. The zero-order chi connectivity index (χ0) is 14.5. The second kappa shape index (κ2) is 6.07. The zero-order valence-corrected chi connectivity index (χ0v) is 9.66. The van der Waals surface area contributed by atoms with E-state index in [9.17, 15) is 22.8 Å². The first-order valence-electron chi connectivity index (χ1n) is 5.20. The van der Waals surface area contributed by atoms with E-state index in [0.717, 1.165) is 12.1 Å². The number of nitrogens with two attached hydrogens (primary N) is 1. The molecule has 0 aliphatic heterocycles. The number of nitrogens with one attached hydrogen (secondary N) is 1. The molecule has 0 radical (unpaired) electrons. The lowest BCUT2D eigenvalue weighted by Crippen LogP contribution is -2.18. The molecule has 0 bridgehead atoms. The van der Waals surface area contributed by atoms with Crippen LogP contribution in [0.2, 0.25) is 0 Å². The number of rotatable bonds is 5. The first kappa shape index (κ1) is 14.8. The number of alkyl halides is 3. The number of hydrogen-bond acceptors (Lipinski definition) is 3. The summed E-state index contributed by atoms with van der Waals surface area (Å²) in [6.45, 7) is 0. The average Bonchev–Trinajstić information content (AvgIpc) is 2.27. The summed E-state index contributed by atoms with van der Waals surface area (Å²) in [6.07, 6.45) is -4.94. The highest BCUT2D eigenvalue weighted by Gasteiger charge is 2.30. The van der Waals surface area contributed by atoms with Crippen molar-refractivity contribution in [2.24, 2.45) is 5.73 Å². The van der Waals surface area contributed by atoms with Crippen LogP contribution in [0.1, 0.15) is 12.8 Å². The second-order valence-electron chi connectivity index (χ2n) is 3.59. The number of amides is 2. The smallest absolute Gasteiger partial charge is 0.406 e. The van der Waals surface area contributed by atoms with E-state index in [1.165, 1.54) is 12.1 Å². The summed E-state index contributed by atoms with van der Waals surface area (Å²) in [5.41, 5.74) is 5.17. The first-order chi connectivity index (χ1) is 8.76. The molecule has 2 amide bonds. The molecule has 0 saturated heterocycles. The Balaban J connectivity index is 2.52. The van der Waals surface area contributed by atoms with Gasteiger partial charge in [0.05, 0.1) is 0 Å². The van der Waals surface area contributed by atoms with Gasteiger partial charge in [-0.2, -0.15) is 0 Å². The van der Waals surface area contributed by atoms with Crippen LogP contribution in [0.15, 0.2) is 24.3 Å². The molecule has 1 aromatic rings. The van der Waals surface area contributed by atoms with E-state index in [1.54, 1.807) is 0 Å². The molecular weight excluding hydrogens is 265 g/mol. The van der Waals surface area contributed by atoms with Gasteiger partial charge in [-0.3, -0.25) is 9.59 Å². The van der Waals surface area contributed by atoms with Crippen LogP contribution < -0.4 is 15.8 Å². The fraction of sp³-hybridized carbons (Fsp3) is 0.273. The van der Waals surface area contributed by atoms with Crippen molar-refractivity contribution in [2.45, 2.75) is 19.2 Å². The fourth-order valence-electron chi connectivity index (χ4n) is 1.20. The van der Waals surface area contributed by atoms with Crippen LogP contribution in [-0.4, -0.2) is 18.2 Å². The van der Waals surface area contributed by atoms with Crippen molar-refractivity contribution >= 4 is 17.5 Å². The minimum atomic E-state index is -4.76. The van der Waals surface area contributed by atoms with E-state index in [2.05, 4.69) is 10.1 Å². The quantitative estimate of drug-likeness (QED) is 0.860. The van der Waals surface area contributed by atoms with Gasteiger partial charge in [-0.1, -0.05) is 0 Å². The van der Waals surface area contributed by atoms with Crippen LogP contribution >= 0.6 is 0 Å². The Morgan fingerprint density at radius 3 is 2.21 bits per heavy atom. The summed E-state index contributed by atoms with van der Waals surface area (Å²) in [5, 5.41) is 2.40. The predicted octanol–water partition coefficient (Wildman–Crippen LogP) is 1.79. The molecule has 0 aromatic heterocycles. The lowest BCUT2D eigenvalue weighted by atomic mass is 10.2. The molecule has 0 aliphatic rings. The fourth-order valence-corrected chi connectivity index (χ4v) is 1.20. The average molecular weight is 276 g/mol. The van der Waals surface area contributed by atoms with Crippen LogP contribution in [-0.2, 0) is 9.59 Å². The zero-order valence-electron chi connectivity index (χ0n) is 9.66. The SMILES string of the molecule is NC(=O)CCC(=O)Nc1ccc(OC(F)(F)F)cc1. The summed E-state index contributed by atoms with van der Waals surface area (Å²) in [4.78, 5) is 21.8. The Bertz CT molecular complexity index is 457. The maximum Gasteiger partial charge on any atom is 0.573 e. The molecule has 104 valence electrons. The van der Waals surface area contributed by atoms with E-state index < -0.39 is 18.2 Å². The third-order valence-electron chi connectivity index (χ3n) is 1.97. The van der Waals surface area contributed by atoms with Gasteiger partial charge in [0.15, 0.2) is 0 Å². The molecule has 0 fully saturated rings. The van der Waals surface area contributed by atoms with E-state index in [-0.39, 0.29) is 18.6 Å². The number of benzene rings is 1. The molecule has 0 saturated carbocycles. The minimum Gasteiger partial charge on any atom is -0.406 e. The first-order valence-corrected chi connectivity index (χ1v) is 5.20. The maximum atomic E-state index is 11.9. The van der Waals surface area contributed by atoms with Crippen molar-refractivity contribution in [3.05, 3.63) is 24.3 Å². The molecular formula is C11H11F3N2O3. The molecule has 0 spiro atoms. The van der Waals surface area contributed by atoms with E-state index in [1.807, 2.05) is 0 Å². The molecule has 0 atom stereocenters. The summed E-state index contributed by atoms with van der Waals surface area (Å²) >= 11 is 0. The molecule has 0 unspecified atom stereocenters. The normalized spacial score (nSPS) is 10.9. The summed E-state index contributed by atoms with van der Waals surface area (Å²) in [5.74, 6) is -1.45. The van der Waals surface area contributed by atoms with Crippen molar-refractivity contribution in [3.63, 3.8) is 0 Å². The van der Waals surface area contributed by atoms with Crippen LogP contribution in [0.3, 0.4) is 0 Å². The molecule has 8 heteroatoms. The van der Waals surface area contributed by atoms with Crippen molar-refractivity contribution in [3.8, 4) is 5.75 Å². The van der Waals surface area contributed by atoms with Crippen LogP contribution in [0.5, 0.6) is 5.75 Å². The Kier molecular flexibility index (Phi) is 4.74. The highest BCUT2D eigenvalue weighted by atomic mass is 19.4. The van der Waals surface area contributed by atoms with Crippen LogP contribution in [0.25, 0.3) is 0 Å². The summed E-state index contributed by atoms with van der Waals surface area (Å²) in [6, 6.07) is 4.64. The standard InChI is InChI=1S/C11H11F3N2O3/c12-11(13,14)19-8-3-1-7(2-4-8)16-10(18)6-5-9(15)17/h1-4H,5-6H2,(H2,15,17)(H,16,18). The lowest BCUT2D eigenvalue weighted by molar-refractivity contribution is -0.274. The number of carbonyl (C=O) groups excluding carboxylic acids is 2. The molecule has 19 heavy (non-hydrogen) atoms. The molecule has 1 rings (SSSR count). The van der Waals surface area contributed by atoms with E-state index >= 15 is 0 Å². The highest BCUT2D eigenvalue weighted by molar-refractivity contribution is 5.92. The van der Waals surface area contributed by atoms with Gasteiger partial charge >= 0.3 is 6.36 Å². The van der Waals surface area contributed by atoms with E-state index in [4.69, 9.17) is 5.73 Å². The monoisotopic (exact) mass is 276 g/mol. The topological polar surface area (TPSA) is 81.4 Å². The Morgan fingerprint density at radius 2 is 1.74 bits per heavy atom. The highest BCUT2D eigenvalue weighted by Crippen LogP contribution is 2.23. The molecule has 1 aromatic carbocycles. The Hall–Kier alpha value is -2.25. The third kappa shape index (κ3) is 6.29. The van der Waals surface area contributed by atoms with Gasteiger partial charge in [-0.25, -0.2) is 0 Å². The Morgan fingerprint density at radius 1 is 1.16 bits per heavy atom. The largest absolute Gasteiger partial charge is 0.573 e. The van der Waals surface area contributed by atoms with Gasteiger partial charge in [-0.15, -0.1) is 13.2 Å². The van der Waals surface area contributed by atoms with Crippen molar-refractivity contribution in [1.29, 1.82) is 0 Å². The van der Waals surface area contributed by atoms with Crippen LogP contribution in [0.4, 0.5) is 18.9 Å². The third-order valence-corrected chi connectivity index (χ3v) is 1.97. The van der Waals surface area contributed by atoms with Gasteiger partial charge in [0.25, 0.3) is 0 Å². The molecule has 0 aliphatic carbocycles. The molecule has 3 N–H and O–H groups in total. The molecule has 0 heterocycles. The number of anilines is 1.